The zero-order valence-electron chi connectivity index (χ0n) is 19.5. The van der Waals surface area contributed by atoms with Crippen LogP contribution in [0.15, 0.2) is 54.6 Å². The van der Waals surface area contributed by atoms with Crippen LogP contribution in [0.3, 0.4) is 0 Å². The molecule has 1 atom stereocenters. The van der Waals surface area contributed by atoms with Crippen LogP contribution in [0.1, 0.15) is 43.9 Å². The molecule has 0 aliphatic carbocycles. The average molecular weight is 446 g/mol. The van der Waals surface area contributed by atoms with Crippen molar-refractivity contribution in [2.45, 2.75) is 45.6 Å². The molecule has 2 aromatic carbocycles. The Balaban J connectivity index is 1.60. The van der Waals surface area contributed by atoms with Crippen molar-refractivity contribution in [1.29, 1.82) is 0 Å². The fourth-order valence-electron chi connectivity index (χ4n) is 4.35. The molecule has 0 radical (unpaired) electrons. The summed E-state index contributed by atoms with van der Waals surface area (Å²) in [5.74, 6) is 1.31. The van der Waals surface area contributed by atoms with E-state index in [9.17, 15) is 9.59 Å². The minimum atomic E-state index is -0.538. The maximum atomic E-state index is 13.4. The number of aromatic nitrogens is 3. The van der Waals surface area contributed by atoms with Gasteiger partial charge in [-0.1, -0.05) is 68.4 Å². The normalized spacial score (nSPS) is 16.5. The van der Waals surface area contributed by atoms with Crippen molar-refractivity contribution in [3.8, 4) is 11.1 Å². The van der Waals surface area contributed by atoms with Crippen LogP contribution in [0.4, 0.5) is 0 Å². The number of H-pyrrole nitrogens is 1. The fraction of sp³-hybridized carbons (Fsp3) is 0.385. The lowest BCUT2D eigenvalue weighted by Crippen LogP contribution is -2.59. The second-order valence-electron chi connectivity index (χ2n) is 8.72. The molecular formula is C26H31N5O2. The van der Waals surface area contributed by atoms with Crippen LogP contribution < -0.4 is 0 Å². The number of nitrogens with zero attached hydrogens (tertiary/aromatic N) is 4. The van der Waals surface area contributed by atoms with Gasteiger partial charge < -0.3 is 9.80 Å². The molecule has 1 aliphatic rings. The number of benzene rings is 2. The molecule has 1 aliphatic heterocycles. The number of carbonyl (C=O) groups excluding carboxylic acids is 2. The molecule has 0 saturated carbocycles. The Hall–Kier alpha value is -3.48. The number of nitrogens with one attached hydrogen (secondary N) is 1. The van der Waals surface area contributed by atoms with Crippen LogP contribution in [-0.4, -0.2) is 62.5 Å². The third-order valence-electron chi connectivity index (χ3n) is 6.19. The Bertz CT molecular complexity index is 1110. The van der Waals surface area contributed by atoms with Gasteiger partial charge in [-0.25, -0.2) is 4.98 Å². The molecule has 1 fully saturated rings. The first-order valence-electron chi connectivity index (χ1n) is 11.6. The molecule has 2 heterocycles. The third kappa shape index (κ3) is 4.97. The Morgan fingerprint density at radius 2 is 1.82 bits per heavy atom. The minimum absolute atomic E-state index is 0.000374. The summed E-state index contributed by atoms with van der Waals surface area (Å²) in [7, 11) is 0. The second kappa shape index (κ2) is 9.98. The molecule has 1 aromatic heterocycles. The van der Waals surface area contributed by atoms with Gasteiger partial charge in [-0.05, 0) is 23.6 Å². The highest BCUT2D eigenvalue weighted by molar-refractivity contribution is 5.90. The van der Waals surface area contributed by atoms with Crippen molar-refractivity contribution in [3.05, 3.63) is 71.8 Å². The zero-order chi connectivity index (χ0) is 23.4. The first-order valence-corrected chi connectivity index (χ1v) is 11.6. The van der Waals surface area contributed by atoms with Gasteiger partial charge >= 0.3 is 0 Å². The topological polar surface area (TPSA) is 82.2 Å². The lowest BCUT2D eigenvalue weighted by atomic mass is 9.93. The molecule has 0 bridgehead atoms. The van der Waals surface area contributed by atoms with E-state index in [-0.39, 0.29) is 24.2 Å². The number of hydrogen-bond acceptors (Lipinski definition) is 4. The SMILES string of the molecule is CCN1CCN(C(=O)Cc2nc(C(C)C)n[nH]2)C(Cc2ccccc2-c2ccccc2)C1=O. The summed E-state index contributed by atoms with van der Waals surface area (Å²) >= 11 is 0. The number of rotatable bonds is 7. The summed E-state index contributed by atoms with van der Waals surface area (Å²) < 4.78 is 0. The van der Waals surface area contributed by atoms with Crippen LogP contribution in [0.5, 0.6) is 0 Å². The number of piperazine rings is 1. The van der Waals surface area contributed by atoms with Crippen LogP contribution >= 0.6 is 0 Å². The first kappa shape index (κ1) is 22.7. The van der Waals surface area contributed by atoms with Gasteiger partial charge in [0.2, 0.25) is 11.8 Å². The monoisotopic (exact) mass is 445 g/mol. The molecule has 1 N–H and O–H groups in total. The number of aromatic amines is 1. The van der Waals surface area contributed by atoms with Gasteiger partial charge in [0.25, 0.3) is 0 Å². The molecule has 1 unspecified atom stereocenters. The number of likely N-dealkylation sites (N-methyl/N-ethyl adjacent to an activating group) is 1. The van der Waals surface area contributed by atoms with E-state index in [1.54, 1.807) is 4.90 Å². The van der Waals surface area contributed by atoms with Crippen molar-refractivity contribution >= 4 is 11.8 Å². The van der Waals surface area contributed by atoms with Crippen molar-refractivity contribution in [1.82, 2.24) is 25.0 Å². The van der Waals surface area contributed by atoms with Crippen LogP contribution in [0.25, 0.3) is 11.1 Å². The Morgan fingerprint density at radius 1 is 1.09 bits per heavy atom. The van der Waals surface area contributed by atoms with E-state index < -0.39 is 6.04 Å². The van der Waals surface area contributed by atoms with Gasteiger partial charge in [0.15, 0.2) is 5.82 Å². The highest BCUT2D eigenvalue weighted by atomic mass is 16.2. The summed E-state index contributed by atoms with van der Waals surface area (Å²) in [5.41, 5.74) is 3.24. The van der Waals surface area contributed by atoms with Gasteiger partial charge in [0.1, 0.15) is 11.9 Å². The van der Waals surface area contributed by atoms with E-state index in [0.717, 1.165) is 16.7 Å². The quantitative estimate of drug-likeness (QED) is 0.604. The van der Waals surface area contributed by atoms with Crippen molar-refractivity contribution < 1.29 is 9.59 Å². The predicted octanol–water partition coefficient (Wildman–Crippen LogP) is 3.44. The predicted molar refractivity (Wildman–Crippen MR) is 128 cm³/mol. The maximum absolute atomic E-state index is 13.4. The molecule has 1 saturated heterocycles. The van der Waals surface area contributed by atoms with Gasteiger partial charge in [-0.15, -0.1) is 0 Å². The average Bonchev–Trinajstić information content (AvgIpc) is 3.30. The Kier molecular flexibility index (Phi) is 6.87. The lowest BCUT2D eigenvalue weighted by Gasteiger charge is -2.40. The highest BCUT2D eigenvalue weighted by Crippen LogP contribution is 2.27. The van der Waals surface area contributed by atoms with Crippen molar-refractivity contribution in [2.75, 3.05) is 19.6 Å². The van der Waals surface area contributed by atoms with Gasteiger partial charge in [-0.3, -0.25) is 14.7 Å². The van der Waals surface area contributed by atoms with E-state index in [0.29, 0.717) is 37.7 Å². The van der Waals surface area contributed by atoms with Crippen molar-refractivity contribution in [2.24, 2.45) is 0 Å². The van der Waals surface area contributed by atoms with E-state index in [1.165, 1.54) is 0 Å². The molecule has 2 amide bonds. The molecule has 4 rings (SSSR count). The lowest BCUT2D eigenvalue weighted by molar-refractivity contribution is -0.151. The molecular weight excluding hydrogens is 414 g/mol. The molecule has 3 aromatic rings. The number of hydrogen-bond donors (Lipinski definition) is 1. The van der Waals surface area contributed by atoms with E-state index in [1.807, 2.05) is 56.0 Å². The van der Waals surface area contributed by atoms with Crippen LogP contribution in [0.2, 0.25) is 0 Å². The molecule has 7 heteroatoms. The van der Waals surface area contributed by atoms with Gasteiger partial charge in [0.05, 0.1) is 6.42 Å². The van der Waals surface area contributed by atoms with Crippen LogP contribution in [0, 0.1) is 0 Å². The van der Waals surface area contributed by atoms with E-state index in [2.05, 4.69) is 39.4 Å². The standard InChI is InChI=1S/C26H31N5O2/c1-4-30-14-15-31(24(32)17-23-27-25(18(2)3)29-28-23)22(26(30)33)16-20-12-8-9-13-21(20)19-10-6-5-7-11-19/h5-13,18,22H,4,14-17H2,1-3H3,(H,27,28,29). The summed E-state index contributed by atoms with van der Waals surface area (Å²) in [4.78, 5) is 34.7. The summed E-state index contributed by atoms with van der Waals surface area (Å²) in [6.07, 6.45) is 0.579. The van der Waals surface area contributed by atoms with Gasteiger partial charge in [-0.2, -0.15) is 5.10 Å². The fourth-order valence-corrected chi connectivity index (χ4v) is 4.35. The summed E-state index contributed by atoms with van der Waals surface area (Å²) in [6, 6.07) is 17.7. The Morgan fingerprint density at radius 3 is 2.52 bits per heavy atom. The number of amides is 2. The first-order chi connectivity index (χ1) is 16.0. The smallest absolute Gasteiger partial charge is 0.245 e. The summed E-state index contributed by atoms with van der Waals surface area (Å²) in [5, 5.41) is 7.08. The molecule has 33 heavy (non-hydrogen) atoms. The van der Waals surface area contributed by atoms with E-state index in [4.69, 9.17) is 0 Å². The highest BCUT2D eigenvalue weighted by Gasteiger charge is 2.37. The minimum Gasteiger partial charge on any atom is -0.339 e. The molecule has 0 spiro atoms. The van der Waals surface area contributed by atoms with E-state index >= 15 is 0 Å². The third-order valence-corrected chi connectivity index (χ3v) is 6.19. The summed E-state index contributed by atoms with van der Waals surface area (Å²) in [6.45, 7) is 7.70. The van der Waals surface area contributed by atoms with Gasteiger partial charge in [0, 0.05) is 32.0 Å². The van der Waals surface area contributed by atoms with Crippen molar-refractivity contribution in [3.63, 3.8) is 0 Å². The molecule has 7 nitrogen and oxygen atoms in total. The second-order valence-corrected chi connectivity index (χ2v) is 8.72. The Labute approximate surface area is 194 Å². The van der Waals surface area contributed by atoms with Crippen LogP contribution in [-0.2, 0) is 22.4 Å². The largest absolute Gasteiger partial charge is 0.339 e. The number of carbonyl (C=O) groups is 2. The maximum Gasteiger partial charge on any atom is 0.245 e. The molecule has 172 valence electrons. The zero-order valence-corrected chi connectivity index (χ0v) is 19.5.